The van der Waals surface area contributed by atoms with Gasteiger partial charge in [-0.3, -0.25) is 19.3 Å². The van der Waals surface area contributed by atoms with Gasteiger partial charge in [-0.05, 0) is 24.3 Å². The Balaban J connectivity index is 1.44. The van der Waals surface area contributed by atoms with Crippen molar-refractivity contribution in [1.82, 2.24) is 9.80 Å². The number of para-hydroxylation sites is 2. The summed E-state index contributed by atoms with van der Waals surface area (Å²) in [6.45, 7) is 2.00. The van der Waals surface area contributed by atoms with Gasteiger partial charge in [-0.1, -0.05) is 12.1 Å². The molecule has 146 valence electrons. The number of methoxy groups -OCH3 is 1. The molecule has 2 aliphatic heterocycles. The van der Waals surface area contributed by atoms with Crippen LogP contribution in [-0.2, 0) is 9.59 Å². The molecule has 1 aromatic carbocycles. The minimum Gasteiger partial charge on any atom is -0.495 e. The number of carbonyl (C=O) groups is 3. The predicted molar refractivity (Wildman–Crippen MR) is 100 cm³/mol. The molecule has 2 aromatic rings. The number of nitrogens with zero attached hydrogens (tertiary/aromatic N) is 3. The number of hydrogen-bond acceptors (Lipinski definition) is 6. The topological polar surface area (TPSA) is 83.3 Å². The van der Waals surface area contributed by atoms with E-state index in [1.165, 1.54) is 18.3 Å². The first-order valence-electron chi connectivity index (χ1n) is 9.17. The van der Waals surface area contributed by atoms with E-state index in [2.05, 4.69) is 0 Å². The lowest BCUT2D eigenvalue weighted by Gasteiger charge is -2.36. The number of piperazine rings is 1. The molecule has 0 aliphatic carbocycles. The van der Waals surface area contributed by atoms with Gasteiger partial charge < -0.3 is 14.1 Å². The van der Waals surface area contributed by atoms with Gasteiger partial charge in [-0.25, -0.2) is 4.90 Å². The third kappa shape index (κ3) is 3.16. The van der Waals surface area contributed by atoms with E-state index in [4.69, 9.17) is 9.15 Å². The zero-order chi connectivity index (χ0) is 19.7. The number of amides is 3. The van der Waals surface area contributed by atoms with Crippen LogP contribution >= 0.6 is 0 Å². The van der Waals surface area contributed by atoms with E-state index < -0.39 is 6.04 Å². The second kappa shape index (κ2) is 7.47. The van der Waals surface area contributed by atoms with Gasteiger partial charge in [-0.15, -0.1) is 0 Å². The molecule has 8 heteroatoms. The normalized spacial score (nSPS) is 20.7. The summed E-state index contributed by atoms with van der Waals surface area (Å²) in [7, 11) is 1.51. The summed E-state index contributed by atoms with van der Waals surface area (Å²) < 4.78 is 10.5. The van der Waals surface area contributed by atoms with Crippen molar-refractivity contribution in [2.45, 2.75) is 12.5 Å². The number of rotatable bonds is 4. The molecular weight excluding hydrogens is 362 g/mol. The lowest BCUT2D eigenvalue weighted by Crippen LogP contribution is -2.53. The molecule has 1 atom stereocenters. The van der Waals surface area contributed by atoms with E-state index in [9.17, 15) is 14.4 Å². The first kappa shape index (κ1) is 18.2. The van der Waals surface area contributed by atoms with Crippen LogP contribution in [-0.4, -0.2) is 66.9 Å². The fraction of sp³-hybridized carbons (Fsp3) is 0.350. The molecule has 8 nitrogen and oxygen atoms in total. The van der Waals surface area contributed by atoms with Gasteiger partial charge in [0.1, 0.15) is 5.75 Å². The molecule has 3 amide bonds. The molecule has 0 N–H and O–H groups in total. The molecule has 2 saturated heterocycles. The van der Waals surface area contributed by atoms with Crippen molar-refractivity contribution in [3.05, 3.63) is 48.4 Å². The lowest BCUT2D eigenvalue weighted by atomic mass is 10.1. The van der Waals surface area contributed by atoms with Crippen molar-refractivity contribution in [3.63, 3.8) is 0 Å². The molecule has 2 aliphatic rings. The van der Waals surface area contributed by atoms with Crippen LogP contribution in [0.15, 0.2) is 47.1 Å². The highest BCUT2D eigenvalue weighted by molar-refractivity contribution is 6.23. The average Bonchev–Trinajstić information content (AvgIpc) is 3.36. The van der Waals surface area contributed by atoms with Crippen LogP contribution < -0.4 is 9.64 Å². The Kier molecular flexibility index (Phi) is 4.87. The van der Waals surface area contributed by atoms with Crippen molar-refractivity contribution in [3.8, 4) is 5.75 Å². The van der Waals surface area contributed by atoms with Crippen molar-refractivity contribution in [2.75, 3.05) is 38.2 Å². The summed E-state index contributed by atoms with van der Waals surface area (Å²) >= 11 is 0. The van der Waals surface area contributed by atoms with E-state index in [0.717, 1.165) is 0 Å². The fourth-order valence-electron chi connectivity index (χ4n) is 3.76. The van der Waals surface area contributed by atoms with Gasteiger partial charge in [0.25, 0.3) is 11.8 Å². The Hall–Kier alpha value is -3.13. The van der Waals surface area contributed by atoms with Crippen molar-refractivity contribution in [1.29, 1.82) is 0 Å². The van der Waals surface area contributed by atoms with Gasteiger partial charge >= 0.3 is 0 Å². The van der Waals surface area contributed by atoms with Crippen LogP contribution in [0.1, 0.15) is 17.0 Å². The van der Waals surface area contributed by atoms with Gasteiger partial charge in [0.2, 0.25) is 5.91 Å². The maximum atomic E-state index is 13.0. The number of anilines is 1. The molecule has 0 saturated carbocycles. The molecule has 1 aromatic heterocycles. The van der Waals surface area contributed by atoms with Crippen LogP contribution in [0.3, 0.4) is 0 Å². The largest absolute Gasteiger partial charge is 0.495 e. The lowest BCUT2D eigenvalue weighted by molar-refractivity contribution is -0.123. The van der Waals surface area contributed by atoms with Crippen molar-refractivity contribution >= 4 is 23.4 Å². The van der Waals surface area contributed by atoms with Gasteiger partial charge in [-0.2, -0.15) is 0 Å². The molecule has 4 rings (SSSR count). The molecule has 28 heavy (non-hydrogen) atoms. The molecule has 0 bridgehead atoms. The monoisotopic (exact) mass is 383 g/mol. The van der Waals surface area contributed by atoms with Crippen molar-refractivity contribution < 1.29 is 23.5 Å². The van der Waals surface area contributed by atoms with Crippen LogP contribution in [0, 0.1) is 0 Å². The summed E-state index contributed by atoms with van der Waals surface area (Å²) in [6, 6.07) is 9.79. The Bertz CT molecular complexity index is 887. The van der Waals surface area contributed by atoms with Gasteiger partial charge in [0.05, 0.1) is 31.5 Å². The molecule has 0 radical (unpaired) electrons. The SMILES string of the molecule is COc1ccccc1N1C(=O)C[C@@H](N2CCN(C(=O)c3ccco3)CC2)C1=O. The number of ether oxygens (including phenoxy) is 1. The summed E-state index contributed by atoms with van der Waals surface area (Å²) in [5.74, 6) is 0.143. The third-order valence-electron chi connectivity index (χ3n) is 5.22. The van der Waals surface area contributed by atoms with E-state index >= 15 is 0 Å². The fourth-order valence-corrected chi connectivity index (χ4v) is 3.76. The van der Waals surface area contributed by atoms with Crippen molar-refractivity contribution in [2.24, 2.45) is 0 Å². The average molecular weight is 383 g/mol. The second-order valence-electron chi connectivity index (χ2n) is 6.76. The molecule has 0 spiro atoms. The predicted octanol–water partition coefficient (Wildman–Crippen LogP) is 1.38. The Morgan fingerprint density at radius 1 is 1.07 bits per heavy atom. The molecule has 0 unspecified atom stereocenters. The maximum Gasteiger partial charge on any atom is 0.289 e. The summed E-state index contributed by atoms with van der Waals surface area (Å²) in [5.41, 5.74) is 0.467. The van der Waals surface area contributed by atoms with E-state index in [1.807, 2.05) is 4.90 Å². The van der Waals surface area contributed by atoms with Gasteiger partial charge in [0, 0.05) is 26.2 Å². The first-order chi connectivity index (χ1) is 13.6. The highest BCUT2D eigenvalue weighted by Crippen LogP contribution is 2.33. The molecule has 3 heterocycles. The summed E-state index contributed by atoms with van der Waals surface area (Å²) in [5, 5.41) is 0. The Morgan fingerprint density at radius 3 is 2.50 bits per heavy atom. The maximum absolute atomic E-state index is 13.0. The minimum atomic E-state index is -0.515. The quantitative estimate of drug-likeness (QED) is 0.742. The zero-order valence-corrected chi connectivity index (χ0v) is 15.5. The minimum absolute atomic E-state index is 0.128. The first-order valence-corrected chi connectivity index (χ1v) is 9.17. The summed E-state index contributed by atoms with van der Waals surface area (Å²) in [6.07, 6.45) is 1.60. The zero-order valence-electron chi connectivity index (χ0n) is 15.5. The Morgan fingerprint density at radius 2 is 1.82 bits per heavy atom. The second-order valence-corrected chi connectivity index (χ2v) is 6.76. The van der Waals surface area contributed by atoms with Crippen LogP contribution in [0.25, 0.3) is 0 Å². The summed E-state index contributed by atoms with van der Waals surface area (Å²) in [4.78, 5) is 42.9. The Labute approximate surface area is 162 Å². The number of imide groups is 1. The van der Waals surface area contributed by atoms with Crippen LogP contribution in [0.2, 0.25) is 0 Å². The molecule has 2 fully saturated rings. The van der Waals surface area contributed by atoms with E-state index in [1.54, 1.807) is 41.3 Å². The third-order valence-corrected chi connectivity index (χ3v) is 5.22. The van der Waals surface area contributed by atoms with Crippen LogP contribution in [0.5, 0.6) is 5.75 Å². The highest BCUT2D eigenvalue weighted by Gasteiger charge is 2.44. The molecular formula is C20H21N3O5. The number of furan rings is 1. The van der Waals surface area contributed by atoms with E-state index in [-0.39, 0.29) is 24.1 Å². The van der Waals surface area contributed by atoms with Gasteiger partial charge in [0.15, 0.2) is 5.76 Å². The highest BCUT2D eigenvalue weighted by atomic mass is 16.5. The smallest absolute Gasteiger partial charge is 0.289 e. The van der Waals surface area contributed by atoms with E-state index in [0.29, 0.717) is 43.4 Å². The number of benzene rings is 1. The number of carbonyl (C=O) groups excluding carboxylic acids is 3. The number of hydrogen-bond donors (Lipinski definition) is 0. The van der Waals surface area contributed by atoms with Crippen LogP contribution in [0.4, 0.5) is 5.69 Å². The standard InChI is InChI=1S/C20H21N3O5/c1-27-16-6-3-2-5-14(16)23-18(24)13-15(19(23)25)21-8-10-22(11-9-21)20(26)17-7-4-12-28-17/h2-7,12,15H,8-11,13H2,1H3/t15-/m1/s1.